The Kier molecular flexibility index (Phi) is 5.25. The topological polar surface area (TPSA) is 112 Å². The molecule has 1 aliphatic heterocycles. The molecular weight excluding hydrogens is 344 g/mol. The van der Waals surface area contributed by atoms with E-state index < -0.39 is 33.9 Å². The molecule has 128 valence electrons. The fraction of sp³-hybridized carbons (Fsp3) is 0.615. The number of nitrogens with one attached hydrogen (secondary N) is 1. The second-order valence-electron chi connectivity index (χ2n) is 5.47. The highest BCUT2D eigenvalue weighted by Gasteiger charge is 2.30. The van der Waals surface area contributed by atoms with E-state index in [1.54, 1.807) is 12.3 Å². The van der Waals surface area contributed by atoms with Gasteiger partial charge in [0.05, 0.1) is 11.5 Å². The van der Waals surface area contributed by atoms with Crippen LogP contribution < -0.4 is 10.2 Å². The summed E-state index contributed by atoms with van der Waals surface area (Å²) in [6.45, 7) is 2.84. The van der Waals surface area contributed by atoms with Gasteiger partial charge in [-0.2, -0.15) is 0 Å². The van der Waals surface area contributed by atoms with Gasteiger partial charge in [-0.15, -0.1) is 0 Å². The van der Waals surface area contributed by atoms with E-state index in [0.29, 0.717) is 12.1 Å². The van der Waals surface area contributed by atoms with Crippen LogP contribution in [0.3, 0.4) is 0 Å². The number of amides is 1. The molecule has 1 N–H and O–H groups in total. The van der Waals surface area contributed by atoms with Gasteiger partial charge in [-0.05, 0) is 20.3 Å². The van der Waals surface area contributed by atoms with Gasteiger partial charge >= 0.3 is 10.8 Å². The van der Waals surface area contributed by atoms with Gasteiger partial charge in [0, 0.05) is 17.1 Å². The smallest absolute Gasteiger partial charge is 0.326 e. The Bertz CT molecular complexity index is 764. The van der Waals surface area contributed by atoms with Crippen LogP contribution in [-0.2, 0) is 30.7 Å². The SMILES string of the molecule is Cc1csc(=O)n1CC(=O)O[C@@H](C)C(=O)N[C@@H]1CCS(=O)(=O)C1. The van der Waals surface area contributed by atoms with Gasteiger partial charge in [0.15, 0.2) is 15.9 Å². The Balaban J connectivity index is 1.86. The van der Waals surface area contributed by atoms with Gasteiger partial charge in [-0.3, -0.25) is 19.0 Å². The van der Waals surface area contributed by atoms with Crippen LogP contribution in [0.2, 0.25) is 0 Å². The molecule has 0 spiro atoms. The summed E-state index contributed by atoms with van der Waals surface area (Å²) in [5, 5.41) is 4.19. The van der Waals surface area contributed by atoms with Crippen molar-refractivity contribution >= 4 is 33.1 Å². The van der Waals surface area contributed by atoms with Crippen molar-refractivity contribution in [3.63, 3.8) is 0 Å². The van der Waals surface area contributed by atoms with Gasteiger partial charge in [-0.1, -0.05) is 11.3 Å². The number of hydrogen-bond acceptors (Lipinski definition) is 7. The number of rotatable bonds is 5. The van der Waals surface area contributed by atoms with Crippen molar-refractivity contribution in [2.75, 3.05) is 11.5 Å². The first kappa shape index (κ1) is 17.7. The molecule has 1 amide bonds. The van der Waals surface area contributed by atoms with E-state index in [9.17, 15) is 22.8 Å². The average molecular weight is 362 g/mol. The molecule has 2 rings (SSSR count). The monoisotopic (exact) mass is 362 g/mol. The van der Waals surface area contributed by atoms with Crippen molar-refractivity contribution in [1.29, 1.82) is 0 Å². The normalized spacial score (nSPS) is 20.9. The molecule has 0 saturated carbocycles. The molecule has 1 aliphatic rings. The third kappa shape index (κ3) is 4.64. The number of thiazole rings is 1. The second kappa shape index (κ2) is 6.83. The number of aryl methyl sites for hydroxylation is 1. The molecule has 23 heavy (non-hydrogen) atoms. The van der Waals surface area contributed by atoms with Crippen molar-refractivity contribution in [3.8, 4) is 0 Å². The summed E-state index contributed by atoms with van der Waals surface area (Å²) in [5.74, 6) is -1.29. The third-order valence-corrected chi connectivity index (χ3v) is 6.17. The molecule has 8 nitrogen and oxygen atoms in total. The number of aromatic nitrogens is 1. The maximum Gasteiger partial charge on any atom is 0.326 e. The highest BCUT2D eigenvalue weighted by molar-refractivity contribution is 7.91. The standard InChI is InChI=1S/C13H18N2O6S2/c1-8-6-22-13(18)15(8)5-11(16)21-9(2)12(17)14-10-3-4-23(19,20)7-10/h6,9-10H,3-5,7H2,1-2H3,(H,14,17)/t9-,10+/m0/s1. The maximum atomic E-state index is 11.9. The lowest BCUT2D eigenvalue weighted by Crippen LogP contribution is -2.43. The van der Waals surface area contributed by atoms with Crippen molar-refractivity contribution in [3.05, 3.63) is 20.7 Å². The van der Waals surface area contributed by atoms with Crippen LogP contribution in [0.1, 0.15) is 19.0 Å². The number of sulfone groups is 1. The fourth-order valence-electron chi connectivity index (χ4n) is 2.24. The van der Waals surface area contributed by atoms with Crippen LogP contribution >= 0.6 is 11.3 Å². The molecule has 1 fully saturated rings. The fourth-order valence-corrected chi connectivity index (χ4v) is 4.65. The first-order valence-corrected chi connectivity index (χ1v) is 9.73. The average Bonchev–Trinajstić information content (AvgIpc) is 2.94. The molecule has 0 radical (unpaired) electrons. The zero-order chi connectivity index (χ0) is 17.2. The lowest BCUT2D eigenvalue weighted by molar-refractivity contribution is -0.155. The number of carbonyl (C=O) groups excluding carboxylic acids is 2. The van der Waals surface area contributed by atoms with Crippen LogP contribution in [0.25, 0.3) is 0 Å². The predicted molar refractivity (Wildman–Crippen MR) is 84.1 cm³/mol. The molecule has 0 aliphatic carbocycles. The Hall–Kier alpha value is -1.68. The highest BCUT2D eigenvalue weighted by atomic mass is 32.2. The summed E-state index contributed by atoms with van der Waals surface area (Å²) >= 11 is 0.983. The van der Waals surface area contributed by atoms with E-state index in [1.807, 2.05) is 0 Å². The summed E-state index contributed by atoms with van der Waals surface area (Å²) < 4.78 is 29.0. The van der Waals surface area contributed by atoms with Crippen LogP contribution in [-0.4, -0.2) is 48.5 Å². The molecular formula is C13H18N2O6S2. The Morgan fingerprint density at radius 3 is 2.74 bits per heavy atom. The van der Waals surface area contributed by atoms with E-state index in [2.05, 4.69) is 5.32 Å². The first-order valence-electron chi connectivity index (χ1n) is 7.03. The van der Waals surface area contributed by atoms with Gasteiger partial charge in [0.25, 0.3) is 5.91 Å². The summed E-state index contributed by atoms with van der Waals surface area (Å²) in [4.78, 5) is 35.0. The number of ether oxygens (including phenoxy) is 1. The van der Waals surface area contributed by atoms with E-state index in [4.69, 9.17) is 4.74 Å². The summed E-state index contributed by atoms with van der Waals surface area (Å²) in [7, 11) is -3.09. The van der Waals surface area contributed by atoms with Gasteiger partial charge in [0.2, 0.25) is 0 Å². The Morgan fingerprint density at radius 2 is 2.22 bits per heavy atom. The number of nitrogens with zero attached hydrogens (tertiary/aromatic N) is 1. The first-order chi connectivity index (χ1) is 10.7. The molecule has 0 bridgehead atoms. The van der Waals surface area contributed by atoms with E-state index in [-0.39, 0.29) is 22.9 Å². The predicted octanol–water partition coefficient (Wildman–Crippen LogP) is -0.547. The Labute approximate surface area is 137 Å². The van der Waals surface area contributed by atoms with E-state index >= 15 is 0 Å². The van der Waals surface area contributed by atoms with Crippen molar-refractivity contribution in [2.24, 2.45) is 0 Å². The van der Waals surface area contributed by atoms with Crippen LogP contribution in [0.4, 0.5) is 0 Å². The molecule has 1 aromatic rings. The minimum Gasteiger partial charge on any atom is -0.451 e. The van der Waals surface area contributed by atoms with Crippen molar-refractivity contribution in [1.82, 2.24) is 9.88 Å². The largest absolute Gasteiger partial charge is 0.451 e. The lowest BCUT2D eigenvalue weighted by atomic mass is 10.2. The Morgan fingerprint density at radius 1 is 1.52 bits per heavy atom. The summed E-state index contributed by atoms with van der Waals surface area (Å²) in [6, 6.07) is -0.449. The molecule has 2 atom stereocenters. The van der Waals surface area contributed by atoms with Gasteiger partial charge in [0.1, 0.15) is 6.54 Å². The molecule has 1 saturated heterocycles. The summed E-state index contributed by atoms with van der Waals surface area (Å²) in [6.07, 6.45) is -0.696. The number of carbonyl (C=O) groups is 2. The summed E-state index contributed by atoms with van der Waals surface area (Å²) in [5.41, 5.74) is 0.644. The molecule has 1 aromatic heterocycles. The van der Waals surface area contributed by atoms with E-state index in [1.165, 1.54) is 11.5 Å². The van der Waals surface area contributed by atoms with Crippen LogP contribution in [0, 0.1) is 6.92 Å². The third-order valence-electron chi connectivity index (χ3n) is 3.52. The lowest BCUT2D eigenvalue weighted by Gasteiger charge is -2.16. The zero-order valence-electron chi connectivity index (χ0n) is 12.8. The van der Waals surface area contributed by atoms with Gasteiger partial charge in [-0.25, -0.2) is 8.42 Å². The van der Waals surface area contributed by atoms with Crippen molar-refractivity contribution in [2.45, 2.75) is 39.0 Å². The quantitative estimate of drug-likeness (QED) is 0.704. The minimum absolute atomic E-state index is 0.0481. The number of hydrogen-bond donors (Lipinski definition) is 1. The highest BCUT2D eigenvalue weighted by Crippen LogP contribution is 2.11. The molecule has 0 aromatic carbocycles. The number of esters is 1. The zero-order valence-corrected chi connectivity index (χ0v) is 14.4. The van der Waals surface area contributed by atoms with Crippen LogP contribution in [0.5, 0.6) is 0 Å². The minimum atomic E-state index is -3.09. The molecule has 2 heterocycles. The maximum absolute atomic E-state index is 11.9. The van der Waals surface area contributed by atoms with Crippen LogP contribution in [0.15, 0.2) is 10.2 Å². The van der Waals surface area contributed by atoms with Crippen molar-refractivity contribution < 1.29 is 22.7 Å². The molecule has 0 unspecified atom stereocenters. The second-order valence-corrected chi connectivity index (χ2v) is 8.52. The molecule has 10 heteroatoms. The van der Waals surface area contributed by atoms with E-state index in [0.717, 1.165) is 11.3 Å². The van der Waals surface area contributed by atoms with Gasteiger partial charge < -0.3 is 10.1 Å².